The van der Waals surface area contributed by atoms with Gasteiger partial charge >= 0.3 is 15.5 Å². The van der Waals surface area contributed by atoms with Crippen LogP contribution in [0.1, 0.15) is 75.4 Å². The van der Waals surface area contributed by atoms with Crippen molar-refractivity contribution < 1.29 is 21.6 Å². The van der Waals surface area contributed by atoms with Crippen molar-refractivity contribution in [3.05, 3.63) is 88.6 Å². The molecule has 3 nitrogen and oxygen atoms in total. The zero-order chi connectivity index (χ0) is 26.0. The van der Waals surface area contributed by atoms with E-state index in [4.69, 9.17) is 0 Å². The van der Waals surface area contributed by atoms with Crippen molar-refractivity contribution in [2.45, 2.75) is 63.9 Å². The van der Waals surface area contributed by atoms with Gasteiger partial charge in [0.2, 0.25) is 0 Å². The molecule has 2 aliphatic carbocycles. The number of hydrogen-bond acceptors (Lipinski definition) is 2. The third kappa shape index (κ3) is 4.35. The van der Waals surface area contributed by atoms with E-state index in [0.717, 1.165) is 28.5 Å². The highest BCUT2D eigenvalue weighted by atomic mass is 32.2. The monoisotopic (exact) mass is 501 g/mol. The van der Waals surface area contributed by atoms with Crippen molar-refractivity contribution in [2.24, 2.45) is 0 Å². The molecule has 1 unspecified atom stereocenters. The van der Waals surface area contributed by atoms with Crippen LogP contribution in [0.3, 0.4) is 0 Å². The van der Waals surface area contributed by atoms with Crippen molar-refractivity contribution in [2.75, 3.05) is 0 Å². The number of alkyl halides is 3. The third-order valence-electron chi connectivity index (χ3n) is 6.47. The molecule has 0 bridgehead atoms. The van der Waals surface area contributed by atoms with Crippen LogP contribution < -0.4 is 0 Å². The number of fused-ring (bicyclic) bond motifs is 2. The lowest BCUT2D eigenvalue weighted by molar-refractivity contribution is -0.0483. The van der Waals surface area contributed by atoms with Crippen LogP contribution in [0.25, 0.3) is 17.2 Å². The molecule has 4 rings (SSSR count). The van der Waals surface area contributed by atoms with E-state index in [-0.39, 0.29) is 10.8 Å². The van der Waals surface area contributed by atoms with Crippen LogP contribution in [0.4, 0.5) is 13.2 Å². The Balaban J connectivity index is 2.02. The maximum absolute atomic E-state index is 13.7. The predicted octanol–water partition coefficient (Wildman–Crippen LogP) is 7.61. The maximum Gasteiger partial charge on any atom is 0.516 e. The minimum atomic E-state index is -5.62. The normalized spacial score (nSPS) is 17.1. The Kier molecular flexibility index (Phi) is 5.87. The molecule has 0 saturated carbocycles. The molecule has 1 aliphatic heterocycles. The van der Waals surface area contributed by atoms with E-state index in [1.165, 1.54) is 6.08 Å². The highest BCUT2D eigenvalue weighted by Gasteiger charge is 2.52. The fourth-order valence-electron chi connectivity index (χ4n) is 4.76. The maximum atomic E-state index is 13.7. The average Bonchev–Trinajstić information content (AvgIpc) is 2.98. The molecule has 7 heteroatoms. The molecule has 0 N–H and O–H groups in total. The van der Waals surface area contributed by atoms with Crippen molar-refractivity contribution in [1.29, 1.82) is 0 Å². The van der Waals surface area contributed by atoms with E-state index in [0.29, 0.717) is 21.0 Å². The summed E-state index contributed by atoms with van der Waals surface area (Å²) in [7, 11) is -5.62. The third-order valence-corrected chi connectivity index (χ3v) is 7.94. The topological polar surface area (TPSA) is 37.4 Å². The van der Waals surface area contributed by atoms with Gasteiger partial charge in [0.25, 0.3) is 0 Å². The second-order valence-corrected chi connectivity index (χ2v) is 12.9. The molecule has 0 aromatic heterocycles. The van der Waals surface area contributed by atoms with Gasteiger partial charge in [-0.2, -0.15) is 21.6 Å². The Morgan fingerprint density at radius 1 is 0.771 bits per heavy atom. The predicted molar refractivity (Wildman–Crippen MR) is 135 cm³/mol. The van der Waals surface area contributed by atoms with E-state index in [1.807, 2.05) is 12.1 Å². The SMILES string of the molecule is CC(C)(C)c1cc(C(C)(C)C)c2cc(C3c4ccccc4C=CN3S(=O)(=O)C(F)(F)F)cccc1-2. The molecule has 3 aliphatic rings. The van der Waals surface area contributed by atoms with Crippen molar-refractivity contribution in [3.8, 4) is 11.1 Å². The summed E-state index contributed by atoms with van der Waals surface area (Å²) in [5.41, 5.74) is -0.00590. The second-order valence-electron chi connectivity index (χ2n) is 11.1. The molecule has 0 radical (unpaired) electrons. The molecule has 35 heavy (non-hydrogen) atoms. The Labute approximate surface area is 205 Å². The zero-order valence-electron chi connectivity index (χ0n) is 20.7. The van der Waals surface area contributed by atoms with E-state index in [9.17, 15) is 21.6 Å². The quantitative estimate of drug-likeness (QED) is 0.362. The average molecular weight is 502 g/mol. The van der Waals surface area contributed by atoms with E-state index >= 15 is 0 Å². The number of halogens is 3. The first-order valence-corrected chi connectivity index (χ1v) is 12.9. The fourth-order valence-corrected chi connectivity index (χ4v) is 5.73. The van der Waals surface area contributed by atoms with Gasteiger partial charge in [0.05, 0.1) is 6.04 Å². The van der Waals surface area contributed by atoms with Crippen LogP contribution in [0.5, 0.6) is 0 Å². The molecule has 186 valence electrons. The summed E-state index contributed by atoms with van der Waals surface area (Å²) in [5, 5.41) is 0. The van der Waals surface area contributed by atoms with Crippen molar-refractivity contribution >= 4 is 16.1 Å². The lowest BCUT2D eigenvalue weighted by Crippen LogP contribution is -2.41. The number of benzene rings is 1. The lowest BCUT2D eigenvalue weighted by Gasteiger charge is -2.34. The summed E-state index contributed by atoms with van der Waals surface area (Å²) in [6, 6.07) is 15.3. The molecule has 1 aromatic carbocycles. The first kappa shape index (κ1) is 25.3. The van der Waals surface area contributed by atoms with Gasteiger partial charge < -0.3 is 0 Å². The minimum Gasteiger partial charge on any atom is -0.258 e. The van der Waals surface area contributed by atoms with Crippen molar-refractivity contribution in [3.63, 3.8) is 0 Å². The zero-order valence-corrected chi connectivity index (χ0v) is 21.6. The van der Waals surface area contributed by atoms with Gasteiger partial charge in [0, 0.05) is 6.20 Å². The number of sulfonamides is 1. The van der Waals surface area contributed by atoms with Gasteiger partial charge in [0.1, 0.15) is 0 Å². The van der Waals surface area contributed by atoms with Gasteiger partial charge in [-0.1, -0.05) is 90.1 Å². The Morgan fingerprint density at radius 3 is 1.97 bits per heavy atom. The van der Waals surface area contributed by atoms with Crippen LogP contribution >= 0.6 is 0 Å². The highest BCUT2D eigenvalue weighted by molar-refractivity contribution is 7.90. The van der Waals surface area contributed by atoms with Crippen LogP contribution in [0.2, 0.25) is 0 Å². The molecule has 0 fully saturated rings. The molecule has 1 aromatic rings. The van der Waals surface area contributed by atoms with Gasteiger partial charge in [-0.15, -0.1) is 0 Å². The summed E-state index contributed by atoms with van der Waals surface area (Å²) >= 11 is 0. The number of rotatable bonds is 2. The van der Waals surface area contributed by atoms with Gasteiger partial charge in [-0.05, 0) is 61.9 Å². The van der Waals surface area contributed by atoms with E-state index < -0.39 is 21.6 Å². The first-order valence-electron chi connectivity index (χ1n) is 11.5. The molecular weight excluding hydrogens is 471 g/mol. The Hall–Kier alpha value is -2.80. The first-order chi connectivity index (χ1) is 16.0. The Morgan fingerprint density at radius 2 is 1.37 bits per heavy atom. The van der Waals surface area contributed by atoms with Crippen LogP contribution in [-0.4, -0.2) is 18.2 Å². The van der Waals surface area contributed by atoms with Crippen LogP contribution in [0, 0.1) is 0 Å². The van der Waals surface area contributed by atoms with Gasteiger partial charge in [-0.3, -0.25) is 4.31 Å². The number of hydrogen-bond donors (Lipinski definition) is 0. The fraction of sp³-hybridized carbons (Fsp3) is 0.357. The lowest BCUT2D eigenvalue weighted by atomic mass is 9.85. The largest absolute Gasteiger partial charge is 0.516 e. The van der Waals surface area contributed by atoms with Crippen molar-refractivity contribution in [1.82, 2.24) is 4.31 Å². The summed E-state index contributed by atoms with van der Waals surface area (Å²) in [4.78, 5) is 0. The minimum absolute atomic E-state index is 0.151. The summed E-state index contributed by atoms with van der Waals surface area (Å²) < 4.78 is 66.9. The smallest absolute Gasteiger partial charge is 0.258 e. The molecule has 0 spiro atoms. The summed E-state index contributed by atoms with van der Waals surface area (Å²) in [6.45, 7) is 12.7. The van der Waals surface area contributed by atoms with Crippen LogP contribution in [-0.2, 0) is 20.9 Å². The van der Waals surface area contributed by atoms with Crippen LogP contribution in [0.15, 0.2) is 60.8 Å². The standard InChI is InChI=1S/C28H30F3NO2S/c1-26(2,3)23-17-24(27(4,5)6)22-16-19(11-9-13-21(22)23)25-20-12-8-7-10-18(20)14-15-32(25)35(33,34)28(29,30)31/h7-17,25H,1-6H3. The second kappa shape index (κ2) is 8.12. The molecule has 0 saturated heterocycles. The summed E-state index contributed by atoms with van der Waals surface area (Å²) in [6.07, 6.45) is 2.44. The summed E-state index contributed by atoms with van der Waals surface area (Å²) in [5.74, 6) is 0. The van der Waals surface area contributed by atoms with Gasteiger partial charge in [0.15, 0.2) is 0 Å². The van der Waals surface area contributed by atoms with E-state index in [2.05, 4.69) is 47.6 Å². The molecular formula is C28H30F3NO2S. The Bertz CT molecular complexity index is 1380. The molecule has 1 heterocycles. The highest BCUT2D eigenvalue weighted by Crippen LogP contribution is 2.46. The molecule has 0 amide bonds. The molecule has 1 atom stereocenters. The van der Waals surface area contributed by atoms with Gasteiger partial charge in [-0.25, -0.2) is 0 Å². The van der Waals surface area contributed by atoms with E-state index in [1.54, 1.807) is 36.4 Å². The number of nitrogens with zero attached hydrogens (tertiary/aromatic N) is 1.